The van der Waals surface area contributed by atoms with E-state index in [1.807, 2.05) is 30.1 Å². The Hall–Kier alpha value is -2.18. The minimum atomic E-state index is -3.50. The molecule has 0 saturated carbocycles. The van der Waals surface area contributed by atoms with E-state index in [1.165, 1.54) is 6.07 Å². The molecule has 2 aromatic rings. The number of carbonyl (C=O) groups is 1. The molecule has 1 N–H and O–H groups in total. The first kappa shape index (κ1) is 18.6. The van der Waals surface area contributed by atoms with E-state index in [1.54, 1.807) is 30.3 Å². The smallest absolute Gasteiger partial charge is 0.254 e. The summed E-state index contributed by atoms with van der Waals surface area (Å²) in [6.45, 7) is 1.46. The molecule has 0 spiro atoms. The largest absolute Gasteiger partial charge is 0.334 e. The molecule has 5 nitrogen and oxygen atoms in total. The summed E-state index contributed by atoms with van der Waals surface area (Å²) in [7, 11) is -1.63. The van der Waals surface area contributed by atoms with Gasteiger partial charge >= 0.3 is 0 Å². The third-order valence-electron chi connectivity index (χ3n) is 4.72. The molecule has 0 aliphatic carbocycles. The minimum Gasteiger partial charge on any atom is -0.334 e. The van der Waals surface area contributed by atoms with Gasteiger partial charge in [-0.15, -0.1) is 0 Å². The highest BCUT2D eigenvalue weighted by atomic mass is 32.2. The average molecular weight is 372 g/mol. The third-order valence-corrected chi connectivity index (χ3v) is 6.40. The first-order valence-corrected chi connectivity index (χ1v) is 10.5. The van der Waals surface area contributed by atoms with Gasteiger partial charge in [-0.2, -0.15) is 0 Å². The van der Waals surface area contributed by atoms with Gasteiger partial charge < -0.3 is 10.2 Å². The van der Waals surface area contributed by atoms with Gasteiger partial charge in [0.25, 0.3) is 5.91 Å². The summed E-state index contributed by atoms with van der Waals surface area (Å²) in [5.41, 5.74) is 1.17. The average Bonchev–Trinajstić information content (AvgIpc) is 3.10. The number of carbonyl (C=O) groups excluding carboxylic acids is 1. The molecule has 0 bridgehead atoms. The molecule has 3 rings (SSSR count). The Morgan fingerprint density at radius 3 is 2.65 bits per heavy atom. The Labute approximate surface area is 154 Å². The van der Waals surface area contributed by atoms with E-state index in [0.29, 0.717) is 12.1 Å². The molecule has 6 heteroatoms. The zero-order valence-electron chi connectivity index (χ0n) is 14.9. The van der Waals surface area contributed by atoms with Crippen molar-refractivity contribution in [1.29, 1.82) is 0 Å². The maximum atomic E-state index is 12.9. The van der Waals surface area contributed by atoms with Crippen molar-refractivity contribution in [2.24, 2.45) is 0 Å². The van der Waals surface area contributed by atoms with Gasteiger partial charge in [0.1, 0.15) is 0 Å². The van der Waals surface area contributed by atoms with E-state index in [9.17, 15) is 13.2 Å². The lowest BCUT2D eigenvalue weighted by Gasteiger charge is -2.24. The number of rotatable bonds is 6. The number of sulfone groups is 1. The van der Waals surface area contributed by atoms with Crippen molar-refractivity contribution >= 4 is 15.7 Å². The lowest BCUT2D eigenvalue weighted by Crippen LogP contribution is -2.40. The summed E-state index contributed by atoms with van der Waals surface area (Å²) < 4.78 is 25.5. The van der Waals surface area contributed by atoms with Crippen molar-refractivity contribution in [2.45, 2.75) is 29.5 Å². The van der Waals surface area contributed by atoms with Crippen LogP contribution in [0.15, 0.2) is 59.5 Å². The highest BCUT2D eigenvalue weighted by Crippen LogP contribution is 2.22. The van der Waals surface area contributed by atoms with Crippen LogP contribution >= 0.6 is 0 Å². The van der Waals surface area contributed by atoms with Crippen LogP contribution in [0.2, 0.25) is 0 Å². The van der Waals surface area contributed by atoms with Crippen molar-refractivity contribution in [2.75, 3.05) is 20.1 Å². The first-order chi connectivity index (χ1) is 12.5. The van der Waals surface area contributed by atoms with Gasteiger partial charge in [0.15, 0.2) is 9.84 Å². The summed E-state index contributed by atoms with van der Waals surface area (Å²) in [5.74, 6) is -0.170. The molecule has 26 heavy (non-hydrogen) atoms. The number of amides is 1. The van der Waals surface area contributed by atoms with E-state index in [4.69, 9.17) is 0 Å². The van der Waals surface area contributed by atoms with Crippen LogP contribution in [0.25, 0.3) is 0 Å². The lowest BCUT2D eigenvalue weighted by atomic mass is 10.1. The normalized spacial score (nSPS) is 17.4. The van der Waals surface area contributed by atoms with Crippen LogP contribution in [0.3, 0.4) is 0 Å². The molecule has 1 saturated heterocycles. The van der Waals surface area contributed by atoms with Gasteiger partial charge in [0, 0.05) is 24.7 Å². The summed E-state index contributed by atoms with van der Waals surface area (Å²) >= 11 is 0. The van der Waals surface area contributed by atoms with Crippen molar-refractivity contribution < 1.29 is 13.2 Å². The number of hydrogen-bond acceptors (Lipinski definition) is 4. The van der Waals surface area contributed by atoms with E-state index in [2.05, 4.69) is 5.32 Å². The third kappa shape index (κ3) is 4.14. The molecule has 1 heterocycles. The fourth-order valence-electron chi connectivity index (χ4n) is 3.42. The second-order valence-electron chi connectivity index (χ2n) is 6.62. The van der Waals surface area contributed by atoms with Crippen LogP contribution in [0.4, 0.5) is 0 Å². The molecule has 2 aromatic carbocycles. The second-order valence-corrected chi connectivity index (χ2v) is 8.61. The first-order valence-electron chi connectivity index (χ1n) is 8.83. The highest BCUT2D eigenvalue weighted by molar-refractivity contribution is 7.90. The van der Waals surface area contributed by atoms with E-state index >= 15 is 0 Å². The van der Waals surface area contributed by atoms with Gasteiger partial charge in [-0.3, -0.25) is 4.79 Å². The summed E-state index contributed by atoms with van der Waals surface area (Å²) in [4.78, 5) is 14.9. The molecular weight excluding hydrogens is 348 g/mol. The van der Waals surface area contributed by atoms with Crippen LogP contribution < -0.4 is 5.32 Å². The minimum absolute atomic E-state index is 0.0718. The molecule has 1 fully saturated rings. The summed E-state index contributed by atoms with van der Waals surface area (Å²) in [5, 5.41) is 3.12. The van der Waals surface area contributed by atoms with Gasteiger partial charge in [0.05, 0.1) is 10.6 Å². The predicted molar refractivity (Wildman–Crippen MR) is 102 cm³/mol. The number of benzene rings is 2. The monoisotopic (exact) mass is 372 g/mol. The number of nitrogens with zero attached hydrogens (tertiary/aromatic N) is 1. The Morgan fingerprint density at radius 2 is 1.92 bits per heavy atom. The van der Waals surface area contributed by atoms with E-state index in [0.717, 1.165) is 24.9 Å². The van der Waals surface area contributed by atoms with Crippen molar-refractivity contribution in [3.8, 4) is 0 Å². The molecule has 1 aliphatic rings. The van der Waals surface area contributed by atoms with Crippen LogP contribution in [-0.4, -0.2) is 45.4 Å². The van der Waals surface area contributed by atoms with Crippen LogP contribution in [-0.2, 0) is 15.6 Å². The predicted octanol–water partition coefficient (Wildman–Crippen LogP) is 2.48. The Kier molecular flexibility index (Phi) is 5.74. The number of hydrogen-bond donors (Lipinski definition) is 1. The maximum Gasteiger partial charge on any atom is 0.254 e. The van der Waals surface area contributed by atoms with Crippen molar-refractivity contribution in [3.05, 3.63) is 65.7 Å². The summed E-state index contributed by atoms with van der Waals surface area (Å²) in [6, 6.07) is 15.6. The van der Waals surface area contributed by atoms with Crippen LogP contribution in [0.5, 0.6) is 0 Å². The van der Waals surface area contributed by atoms with Crippen LogP contribution in [0, 0.1) is 0 Å². The molecular formula is C20H24N2O3S. The van der Waals surface area contributed by atoms with E-state index < -0.39 is 9.84 Å². The molecule has 1 unspecified atom stereocenters. The molecule has 1 aliphatic heterocycles. The van der Waals surface area contributed by atoms with Crippen molar-refractivity contribution in [3.63, 3.8) is 0 Å². The Morgan fingerprint density at radius 1 is 1.15 bits per heavy atom. The fourth-order valence-corrected chi connectivity index (χ4v) is 4.81. The lowest BCUT2D eigenvalue weighted by molar-refractivity contribution is 0.0737. The molecule has 0 aromatic heterocycles. The van der Waals surface area contributed by atoms with Gasteiger partial charge in [-0.1, -0.05) is 36.4 Å². The fraction of sp³-hybridized carbons (Fsp3) is 0.350. The van der Waals surface area contributed by atoms with Gasteiger partial charge in [0.2, 0.25) is 0 Å². The quantitative estimate of drug-likeness (QED) is 0.846. The zero-order valence-corrected chi connectivity index (χ0v) is 15.7. The molecule has 0 radical (unpaired) electrons. The van der Waals surface area contributed by atoms with Crippen LogP contribution in [0.1, 0.15) is 28.8 Å². The topological polar surface area (TPSA) is 66.5 Å². The van der Waals surface area contributed by atoms with Gasteiger partial charge in [-0.25, -0.2) is 8.42 Å². The number of likely N-dealkylation sites (N-methyl/N-ethyl adjacent to an activating group) is 1. The molecule has 1 amide bonds. The zero-order chi connectivity index (χ0) is 18.6. The van der Waals surface area contributed by atoms with E-state index in [-0.39, 0.29) is 22.6 Å². The Balaban J connectivity index is 1.82. The number of nitrogens with one attached hydrogen (secondary N) is 1. The molecule has 1 atom stereocenters. The van der Waals surface area contributed by atoms with Crippen molar-refractivity contribution in [1.82, 2.24) is 10.2 Å². The summed E-state index contributed by atoms with van der Waals surface area (Å²) in [6.07, 6.45) is 1.95. The standard InChI is InChI=1S/C20H24N2O3S/c1-21-14-18-10-6-12-22(18)20(23)17-9-5-11-19(13-17)26(24,25)15-16-7-3-2-4-8-16/h2-5,7-9,11,13,18,21H,6,10,12,14-15H2,1H3. The molecule has 138 valence electrons. The second kappa shape index (κ2) is 8.01. The van der Waals surface area contributed by atoms with Gasteiger partial charge in [-0.05, 0) is 43.7 Å². The maximum absolute atomic E-state index is 12.9. The number of likely N-dealkylation sites (tertiary alicyclic amines) is 1. The Bertz CT molecular complexity index is 866. The highest BCUT2D eigenvalue weighted by Gasteiger charge is 2.29. The SMILES string of the molecule is CNCC1CCCN1C(=O)c1cccc(S(=O)(=O)Cc2ccccc2)c1.